The third kappa shape index (κ3) is 2.96. The Hall–Kier alpha value is -1.13. The molecule has 0 amide bonds. The highest BCUT2D eigenvalue weighted by Crippen LogP contribution is 2.25. The van der Waals surface area contributed by atoms with Gasteiger partial charge in [0, 0.05) is 32.2 Å². The lowest BCUT2D eigenvalue weighted by atomic mass is 10.1. The van der Waals surface area contributed by atoms with Gasteiger partial charge in [-0.1, -0.05) is 12.8 Å². The van der Waals surface area contributed by atoms with Gasteiger partial charge in [-0.05, 0) is 31.9 Å². The molecule has 1 saturated carbocycles. The number of anilines is 1. The molecule has 1 aliphatic carbocycles. The molecule has 0 bridgehead atoms. The molecule has 1 atom stereocenters. The first-order chi connectivity index (χ1) is 9.74. The first-order valence-corrected chi connectivity index (χ1v) is 7.87. The summed E-state index contributed by atoms with van der Waals surface area (Å²) in [7, 11) is 0. The number of rotatable bonds is 3. The van der Waals surface area contributed by atoms with Crippen LogP contribution in [0.5, 0.6) is 0 Å². The highest BCUT2D eigenvalue weighted by atomic mass is 16.3. The Morgan fingerprint density at radius 3 is 2.40 bits per heavy atom. The van der Waals surface area contributed by atoms with E-state index in [1.54, 1.807) is 6.92 Å². The van der Waals surface area contributed by atoms with Crippen LogP contribution in [0.1, 0.15) is 44.4 Å². The van der Waals surface area contributed by atoms with Crippen LogP contribution in [0.4, 0.5) is 5.69 Å². The van der Waals surface area contributed by atoms with E-state index in [1.165, 1.54) is 44.5 Å². The normalized spacial score (nSPS) is 23.2. The van der Waals surface area contributed by atoms with E-state index in [0.29, 0.717) is 0 Å². The maximum absolute atomic E-state index is 9.50. The van der Waals surface area contributed by atoms with Gasteiger partial charge in [0.15, 0.2) is 0 Å². The van der Waals surface area contributed by atoms with Gasteiger partial charge < -0.3 is 10.0 Å². The number of pyridine rings is 1. The second-order valence-corrected chi connectivity index (χ2v) is 6.08. The van der Waals surface area contributed by atoms with Crippen LogP contribution in [0, 0.1) is 0 Å². The number of hydrogen-bond donors (Lipinski definition) is 1. The van der Waals surface area contributed by atoms with Gasteiger partial charge in [-0.2, -0.15) is 0 Å². The second-order valence-electron chi connectivity index (χ2n) is 6.08. The molecule has 20 heavy (non-hydrogen) atoms. The monoisotopic (exact) mass is 275 g/mol. The third-order valence-corrected chi connectivity index (χ3v) is 4.72. The Morgan fingerprint density at radius 1 is 1.15 bits per heavy atom. The molecule has 110 valence electrons. The van der Waals surface area contributed by atoms with Crippen molar-refractivity contribution >= 4 is 5.69 Å². The van der Waals surface area contributed by atoms with Gasteiger partial charge in [-0.3, -0.25) is 9.88 Å². The highest BCUT2D eigenvalue weighted by Gasteiger charge is 2.26. The summed E-state index contributed by atoms with van der Waals surface area (Å²) in [6.07, 6.45) is 7.02. The average Bonchev–Trinajstić information content (AvgIpc) is 3.02. The Labute approximate surface area is 121 Å². The Morgan fingerprint density at radius 2 is 1.85 bits per heavy atom. The minimum Gasteiger partial charge on any atom is -0.387 e. The predicted molar refractivity (Wildman–Crippen MR) is 80.9 cm³/mol. The van der Waals surface area contributed by atoms with Crippen LogP contribution in [0.2, 0.25) is 0 Å². The van der Waals surface area contributed by atoms with E-state index in [-0.39, 0.29) is 0 Å². The van der Waals surface area contributed by atoms with Crippen molar-refractivity contribution in [2.45, 2.75) is 44.8 Å². The summed E-state index contributed by atoms with van der Waals surface area (Å²) in [6, 6.07) is 4.86. The predicted octanol–water partition coefficient (Wildman–Crippen LogP) is 2.20. The van der Waals surface area contributed by atoms with Gasteiger partial charge in [0.25, 0.3) is 0 Å². The maximum Gasteiger partial charge on any atom is 0.0931 e. The third-order valence-electron chi connectivity index (χ3n) is 4.72. The summed E-state index contributed by atoms with van der Waals surface area (Å²) in [4.78, 5) is 9.42. The van der Waals surface area contributed by atoms with Gasteiger partial charge >= 0.3 is 0 Å². The SMILES string of the molecule is C[C@H](O)c1ccc(N2CCN(C3CCCC3)CC2)cn1. The first-order valence-electron chi connectivity index (χ1n) is 7.87. The molecule has 4 heteroatoms. The second kappa shape index (κ2) is 6.10. The number of aliphatic hydroxyl groups is 1. The van der Waals surface area contributed by atoms with Gasteiger partial charge in [-0.15, -0.1) is 0 Å². The molecule has 3 rings (SSSR count). The molecule has 0 aromatic carbocycles. The van der Waals surface area contributed by atoms with Crippen molar-refractivity contribution < 1.29 is 5.11 Å². The number of aromatic nitrogens is 1. The van der Waals surface area contributed by atoms with E-state index in [0.717, 1.165) is 24.8 Å². The summed E-state index contributed by atoms with van der Waals surface area (Å²) in [5.74, 6) is 0. The molecular weight excluding hydrogens is 250 g/mol. The molecule has 1 N–H and O–H groups in total. The van der Waals surface area contributed by atoms with E-state index in [4.69, 9.17) is 0 Å². The average molecular weight is 275 g/mol. The fourth-order valence-corrected chi connectivity index (χ4v) is 3.45. The number of hydrogen-bond acceptors (Lipinski definition) is 4. The molecule has 0 radical (unpaired) electrons. The van der Waals surface area contributed by atoms with Crippen molar-refractivity contribution in [3.63, 3.8) is 0 Å². The minimum atomic E-state index is -0.483. The van der Waals surface area contributed by atoms with Crippen LogP contribution in [0.15, 0.2) is 18.3 Å². The molecule has 1 aromatic heterocycles. The molecule has 1 aromatic rings. The lowest BCUT2D eigenvalue weighted by Crippen LogP contribution is -2.49. The van der Waals surface area contributed by atoms with Crippen LogP contribution < -0.4 is 4.90 Å². The first kappa shape index (κ1) is 13.8. The van der Waals surface area contributed by atoms with Crippen molar-refractivity contribution in [1.29, 1.82) is 0 Å². The quantitative estimate of drug-likeness (QED) is 0.918. The molecule has 4 nitrogen and oxygen atoms in total. The molecule has 2 heterocycles. The fraction of sp³-hybridized carbons (Fsp3) is 0.688. The smallest absolute Gasteiger partial charge is 0.0931 e. The van der Waals surface area contributed by atoms with Gasteiger partial charge in [0.1, 0.15) is 0 Å². The molecule has 1 saturated heterocycles. The van der Waals surface area contributed by atoms with Crippen molar-refractivity contribution in [2.24, 2.45) is 0 Å². The number of piperazine rings is 1. The molecular formula is C16H25N3O. The van der Waals surface area contributed by atoms with Crippen molar-refractivity contribution in [1.82, 2.24) is 9.88 Å². The Kier molecular flexibility index (Phi) is 4.22. The van der Waals surface area contributed by atoms with Crippen molar-refractivity contribution in [2.75, 3.05) is 31.1 Å². The topological polar surface area (TPSA) is 39.6 Å². The summed E-state index contributed by atoms with van der Waals surface area (Å²) >= 11 is 0. The van der Waals surface area contributed by atoms with Crippen LogP contribution in [0.3, 0.4) is 0 Å². The highest BCUT2D eigenvalue weighted by molar-refractivity contribution is 5.45. The summed E-state index contributed by atoms with van der Waals surface area (Å²) in [5, 5.41) is 9.50. The van der Waals surface area contributed by atoms with Crippen LogP contribution >= 0.6 is 0 Å². The van der Waals surface area contributed by atoms with Crippen molar-refractivity contribution in [3.8, 4) is 0 Å². The zero-order chi connectivity index (χ0) is 13.9. The summed E-state index contributed by atoms with van der Waals surface area (Å²) in [5.41, 5.74) is 1.93. The Balaban J connectivity index is 1.57. The molecule has 1 aliphatic heterocycles. The standard InChI is InChI=1S/C16H25N3O/c1-13(20)16-7-6-15(12-17-16)19-10-8-18(9-11-19)14-4-2-3-5-14/h6-7,12-14,20H,2-5,8-11H2,1H3/t13-/m0/s1. The number of nitrogens with zero attached hydrogens (tertiary/aromatic N) is 3. The van der Waals surface area contributed by atoms with Gasteiger partial charge in [0.05, 0.1) is 23.7 Å². The summed E-state index contributed by atoms with van der Waals surface area (Å²) < 4.78 is 0. The lowest BCUT2D eigenvalue weighted by molar-refractivity contribution is 0.187. The van der Waals surface area contributed by atoms with Crippen LogP contribution in [0.25, 0.3) is 0 Å². The lowest BCUT2D eigenvalue weighted by Gasteiger charge is -2.39. The minimum absolute atomic E-state index is 0.483. The molecule has 0 unspecified atom stereocenters. The van der Waals surface area contributed by atoms with E-state index < -0.39 is 6.10 Å². The zero-order valence-electron chi connectivity index (χ0n) is 12.3. The molecule has 0 spiro atoms. The van der Waals surface area contributed by atoms with Gasteiger partial charge in [-0.25, -0.2) is 0 Å². The molecule has 2 aliphatic rings. The van der Waals surface area contributed by atoms with Crippen molar-refractivity contribution in [3.05, 3.63) is 24.0 Å². The maximum atomic E-state index is 9.50. The zero-order valence-corrected chi connectivity index (χ0v) is 12.3. The van der Waals surface area contributed by atoms with E-state index in [2.05, 4.69) is 20.9 Å². The fourth-order valence-electron chi connectivity index (χ4n) is 3.45. The number of aliphatic hydroxyl groups excluding tert-OH is 1. The van der Waals surface area contributed by atoms with Crippen LogP contribution in [-0.2, 0) is 0 Å². The largest absolute Gasteiger partial charge is 0.387 e. The van der Waals surface area contributed by atoms with Crippen LogP contribution in [-0.4, -0.2) is 47.2 Å². The van der Waals surface area contributed by atoms with E-state index in [1.807, 2.05) is 12.3 Å². The van der Waals surface area contributed by atoms with Gasteiger partial charge in [0.2, 0.25) is 0 Å². The molecule has 2 fully saturated rings. The van der Waals surface area contributed by atoms with E-state index in [9.17, 15) is 5.11 Å². The summed E-state index contributed by atoms with van der Waals surface area (Å²) in [6.45, 7) is 6.27. The van der Waals surface area contributed by atoms with E-state index >= 15 is 0 Å². The Bertz CT molecular complexity index is 418.